The van der Waals surface area contributed by atoms with Gasteiger partial charge in [0, 0.05) is 26.5 Å². The van der Waals surface area contributed by atoms with E-state index in [0.29, 0.717) is 23.5 Å². The monoisotopic (exact) mass is 335 g/mol. The summed E-state index contributed by atoms with van der Waals surface area (Å²) in [5, 5.41) is 4.77. The van der Waals surface area contributed by atoms with Gasteiger partial charge in [-0.1, -0.05) is 18.2 Å². The van der Waals surface area contributed by atoms with Crippen molar-refractivity contribution in [3.05, 3.63) is 65.1 Å². The number of para-hydroxylation sites is 1. The fourth-order valence-electron chi connectivity index (χ4n) is 2.68. The zero-order valence-corrected chi connectivity index (χ0v) is 13.9. The number of anilines is 1. The molecule has 0 atom stereocenters. The molecule has 0 aliphatic rings. The van der Waals surface area contributed by atoms with Gasteiger partial charge in [0.25, 0.3) is 5.56 Å². The van der Waals surface area contributed by atoms with Gasteiger partial charge in [0.2, 0.25) is 5.95 Å². The van der Waals surface area contributed by atoms with Crippen LogP contribution in [0.15, 0.2) is 53.7 Å². The lowest BCUT2D eigenvalue weighted by atomic mass is 10.3. The first kappa shape index (κ1) is 15.1. The molecule has 25 heavy (non-hydrogen) atoms. The molecule has 0 saturated carbocycles. The standard InChI is InChI=1S/C17H17N7O/c1-22-9-8-18-14(22)11-23(2)17-20-15-13(16(25)21-17)10-19-24(15)12-6-4-3-5-7-12/h3-10H,11H2,1-2H3,(H,20,21,25). The van der Waals surface area contributed by atoms with Crippen molar-refractivity contribution in [1.29, 1.82) is 0 Å². The van der Waals surface area contributed by atoms with Crippen molar-refractivity contribution in [2.75, 3.05) is 11.9 Å². The quantitative estimate of drug-likeness (QED) is 0.611. The molecule has 0 aliphatic heterocycles. The molecule has 3 aromatic heterocycles. The molecule has 4 rings (SSSR count). The van der Waals surface area contributed by atoms with Crippen LogP contribution in [0.25, 0.3) is 16.7 Å². The van der Waals surface area contributed by atoms with E-state index in [2.05, 4.69) is 20.1 Å². The van der Waals surface area contributed by atoms with E-state index in [4.69, 9.17) is 0 Å². The third-order valence-electron chi connectivity index (χ3n) is 4.09. The normalized spacial score (nSPS) is 11.1. The molecule has 4 aromatic rings. The van der Waals surface area contributed by atoms with E-state index in [9.17, 15) is 4.79 Å². The van der Waals surface area contributed by atoms with Crippen molar-refractivity contribution < 1.29 is 0 Å². The second-order valence-electron chi connectivity index (χ2n) is 5.83. The maximum absolute atomic E-state index is 12.4. The number of imidazole rings is 1. The van der Waals surface area contributed by atoms with Crippen molar-refractivity contribution in [3.63, 3.8) is 0 Å². The summed E-state index contributed by atoms with van der Waals surface area (Å²) in [6, 6.07) is 9.62. The highest BCUT2D eigenvalue weighted by molar-refractivity contribution is 5.76. The summed E-state index contributed by atoms with van der Waals surface area (Å²) in [6.45, 7) is 0.525. The maximum Gasteiger partial charge on any atom is 0.263 e. The fraction of sp³-hybridized carbons (Fsp3) is 0.176. The van der Waals surface area contributed by atoms with Crippen LogP contribution in [0.2, 0.25) is 0 Å². The van der Waals surface area contributed by atoms with Crippen LogP contribution in [0.1, 0.15) is 5.82 Å². The zero-order valence-electron chi connectivity index (χ0n) is 13.9. The number of nitrogens with zero attached hydrogens (tertiary/aromatic N) is 6. The molecule has 0 bridgehead atoms. The first-order chi connectivity index (χ1) is 12.1. The highest BCUT2D eigenvalue weighted by atomic mass is 16.1. The summed E-state index contributed by atoms with van der Waals surface area (Å²) in [6.07, 6.45) is 5.16. The van der Waals surface area contributed by atoms with Gasteiger partial charge in [0.15, 0.2) is 5.65 Å². The lowest BCUT2D eigenvalue weighted by Gasteiger charge is -2.17. The first-order valence-electron chi connectivity index (χ1n) is 7.84. The van der Waals surface area contributed by atoms with Gasteiger partial charge in [0.05, 0.1) is 18.4 Å². The molecule has 1 aromatic carbocycles. The van der Waals surface area contributed by atoms with Crippen molar-refractivity contribution in [2.45, 2.75) is 6.54 Å². The molecular formula is C17H17N7O. The highest BCUT2D eigenvalue weighted by Crippen LogP contribution is 2.16. The summed E-state index contributed by atoms with van der Waals surface area (Å²) in [7, 11) is 3.79. The number of rotatable bonds is 4. The van der Waals surface area contributed by atoms with E-state index in [1.54, 1.807) is 10.9 Å². The number of nitrogens with one attached hydrogen (secondary N) is 1. The lowest BCUT2D eigenvalue weighted by Crippen LogP contribution is -2.24. The summed E-state index contributed by atoms with van der Waals surface area (Å²) < 4.78 is 3.60. The number of fused-ring (bicyclic) bond motifs is 1. The predicted octanol–water partition coefficient (Wildman–Crippen LogP) is 1.48. The largest absolute Gasteiger partial charge is 0.338 e. The van der Waals surface area contributed by atoms with Crippen LogP contribution < -0.4 is 10.5 Å². The van der Waals surface area contributed by atoms with E-state index in [0.717, 1.165) is 11.5 Å². The van der Waals surface area contributed by atoms with Crippen molar-refractivity contribution in [1.82, 2.24) is 29.3 Å². The van der Waals surface area contributed by atoms with E-state index in [1.807, 2.05) is 60.1 Å². The summed E-state index contributed by atoms with van der Waals surface area (Å²) in [5.74, 6) is 1.35. The van der Waals surface area contributed by atoms with Crippen molar-refractivity contribution >= 4 is 17.0 Å². The molecule has 126 valence electrons. The molecule has 0 amide bonds. The third-order valence-corrected chi connectivity index (χ3v) is 4.09. The lowest BCUT2D eigenvalue weighted by molar-refractivity contribution is 0.746. The van der Waals surface area contributed by atoms with Crippen LogP contribution in [0.5, 0.6) is 0 Å². The topological polar surface area (TPSA) is 84.6 Å². The molecule has 8 nitrogen and oxygen atoms in total. The molecule has 3 heterocycles. The van der Waals surface area contributed by atoms with Crippen molar-refractivity contribution in [3.8, 4) is 5.69 Å². The van der Waals surface area contributed by atoms with Crippen LogP contribution in [0, 0.1) is 0 Å². The van der Waals surface area contributed by atoms with Crippen LogP contribution in [-0.2, 0) is 13.6 Å². The highest BCUT2D eigenvalue weighted by Gasteiger charge is 2.14. The van der Waals surface area contributed by atoms with E-state index in [-0.39, 0.29) is 5.56 Å². The number of aryl methyl sites for hydroxylation is 1. The van der Waals surface area contributed by atoms with E-state index < -0.39 is 0 Å². The predicted molar refractivity (Wildman–Crippen MR) is 94.8 cm³/mol. The fourth-order valence-corrected chi connectivity index (χ4v) is 2.68. The smallest absolute Gasteiger partial charge is 0.263 e. The Bertz CT molecular complexity index is 1080. The Kier molecular flexibility index (Phi) is 3.57. The molecule has 1 N–H and O–H groups in total. The molecule has 0 radical (unpaired) electrons. The zero-order chi connectivity index (χ0) is 17.4. The maximum atomic E-state index is 12.4. The summed E-state index contributed by atoms with van der Waals surface area (Å²) in [4.78, 5) is 26.0. The van der Waals surface area contributed by atoms with Gasteiger partial charge >= 0.3 is 0 Å². The minimum atomic E-state index is -0.214. The molecule has 0 saturated heterocycles. The average Bonchev–Trinajstić information content (AvgIpc) is 3.22. The average molecular weight is 335 g/mol. The Morgan fingerprint density at radius 1 is 1.24 bits per heavy atom. The van der Waals surface area contributed by atoms with Gasteiger partial charge in [-0.05, 0) is 12.1 Å². The summed E-state index contributed by atoms with van der Waals surface area (Å²) >= 11 is 0. The molecule has 0 unspecified atom stereocenters. The molecule has 8 heteroatoms. The van der Waals surface area contributed by atoms with Crippen LogP contribution in [0.3, 0.4) is 0 Å². The SMILES string of the molecule is CN(Cc1nccn1C)c1nc2c(cnn2-c2ccccc2)c(=O)[nH]1. The number of aromatic nitrogens is 6. The van der Waals surface area contributed by atoms with Crippen LogP contribution in [-0.4, -0.2) is 36.3 Å². The first-order valence-corrected chi connectivity index (χ1v) is 7.84. The van der Waals surface area contributed by atoms with Gasteiger partial charge in [0.1, 0.15) is 11.2 Å². The second kappa shape index (κ2) is 5.90. The number of aromatic amines is 1. The van der Waals surface area contributed by atoms with Gasteiger partial charge in [-0.3, -0.25) is 9.78 Å². The Labute approximate surface area is 143 Å². The van der Waals surface area contributed by atoms with Crippen molar-refractivity contribution in [2.24, 2.45) is 7.05 Å². The van der Waals surface area contributed by atoms with Gasteiger partial charge in [-0.15, -0.1) is 0 Å². The van der Waals surface area contributed by atoms with Crippen LogP contribution in [0.4, 0.5) is 5.95 Å². The number of hydrogen-bond acceptors (Lipinski definition) is 5. The Balaban J connectivity index is 1.78. The third kappa shape index (κ3) is 2.67. The number of hydrogen-bond donors (Lipinski definition) is 1. The molecule has 0 spiro atoms. The van der Waals surface area contributed by atoms with Gasteiger partial charge in [-0.2, -0.15) is 10.1 Å². The second-order valence-corrected chi connectivity index (χ2v) is 5.83. The molecular weight excluding hydrogens is 318 g/mol. The molecule has 0 fully saturated rings. The number of benzene rings is 1. The minimum Gasteiger partial charge on any atom is -0.338 e. The Hall–Kier alpha value is -3.42. The number of H-pyrrole nitrogens is 1. The summed E-state index contributed by atoms with van der Waals surface area (Å²) in [5.41, 5.74) is 1.17. The molecule has 0 aliphatic carbocycles. The Morgan fingerprint density at radius 2 is 2.04 bits per heavy atom. The van der Waals surface area contributed by atoms with Gasteiger partial charge < -0.3 is 9.47 Å². The van der Waals surface area contributed by atoms with E-state index >= 15 is 0 Å². The van der Waals surface area contributed by atoms with Gasteiger partial charge in [-0.25, -0.2) is 9.67 Å². The Morgan fingerprint density at radius 3 is 2.76 bits per heavy atom. The van der Waals surface area contributed by atoms with Crippen LogP contribution >= 0.6 is 0 Å². The van der Waals surface area contributed by atoms with E-state index in [1.165, 1.54) is 6.20 Å². The minimum absolute atomic E-state index is 0.214.